The summed E-state index contributed by atoms with van der Waals surface area (Å²) in [6.07, 6.45) is -5.30. The number of rotatable bonds is 6. The third kappa shape index (κ3) is 7.89. The first-order valence-electron chi connectivity index (χ1n) is 6.23. The number of imide groups is 1. The van der Waals surface area contributed by atoms with Crippen molar-refractivity contribution in [2.75, 3.05) is 18.1 Å². The van der Waals surface area contributed by atoms with Gasteiger partial charge in [0.25, 0.3) is 0 Å². The van der Waals surface area contributed by atoms with Crippen molar-refractivity contribution in [3.8, 4) is 0 Å². The van der Waals surface area contributed by atoms with E-state index in [1.54, 1.807) is 35.6 Å². The van der Waals surface area contributed by atoms with Gasteiger partial charge in [0.2, 0.25) is 5.91 Å². The van der Waals surface area contributed by atoms with Crippen molar-refractivity contribution in [2.45, 2.75) is 12.3 Å². The summed E-state index contributed by atoms with van der Waals surface area (Å²) in [4.78, 5) is 22.4. The minimum Gasteiger partial charge on any atom is -0.388 e. The summed E-state index contributed by atoms with van der Waals surface area (Å²) in [5.41, 5.74) is 0.693. The van der Waals surface area contributed by atoms with E-state index in [0.29, 0.717) is 5.56 Å². The van der Waals surface area contributed by atoms with Crippen LogP contribution in [0.15, 0.2) is 30.3 Å². The van der Waals surface area contributed by atoms with Gasteiger partial charge in [0, 0.05) is 5.75 Å². The second-order valence-corrected chi connectivity index (χ2v) is 5.32. The Morgan fingerprint density at radius 2 is 1.86 bits per heavy atom. The highest BCUT2D eigenvalue weighted by atomic mass is 32.2. The van der Waals surface area contributed by atoms with Gasteiger partial charge in [-0.3, -0.25) is 10.1 Å². The van der Waals surface area contributed by atoms with Crippen molar-refractivity contribution in [3.05, 3.63) is 35.9 Å². The van der Waals surface area contributed by atoms with Crippen molar-refractivity contribution in [3.63, 3.8) is 0 Å². The van der Waals surface area contributed by atoms with Crippen LogP contribution in [0.2, 0.25) is 0 Å². The van der Waals surface area contributed by atoms with E-state index >= 15 is 0 Å². The fourth-order valence-electron chi connectivity index (χ4n) is 1.42. The standard InChI is InChI=1S/C13H15F3N2O3S/c14-13(15,16)8-17-12(21)18-11(20)7-22-6-10(19)9-4-2-1-3-5-9/h1-5,10,19H,6-8H2,(H2,17,18,20,21)/t10-/m1/s1. The zero-order valence-corrected chi connectivity index (χ0v) is 12.2. The Morgan fingerprint density at radius 3 is 2.45 bits per heavy atom. The molecular formula is C13H15F3N2O3S. The Balaban J connectivity index is 2.22. The van der Waals surface area contributed by atoms with E-state index in [1.807, 2.05) is 0 Å². The van der Waals surface area contributed by atoms with Crippen LogP contribution in [0.3, 0.4) is 0 Å². The number of benzene rings is 1. The lowest BCUT2D eigenvalue weighted by molar-refractivity contribution is -0.124. The van der Waals surface area contributed by atoms with E-state index in [0.717, 1.165) is 11.8 Å². The van der Waals surface area contributed by atoms with Gasteiger partial charge in [-0.2, -0.15) is 13.2 Å². The number of hydrogen-bond donors (Lipinski definition) is 3. The Labute approximate surface area is 129 Å². The fourth-order valence-corrected chi connectivity index (χ4v) is 2.21. The number of hydrogen-bond acceptors (Lipinski definition) is 4. The van der Waals surface area contributed by atoms with Crippen molar-refractivity contribution in [1.29, 1.82) is 0 Å². The molecule has 0 unspecified atom stereocenters. The molecule has 3 amide bonds. The van der Waals surface area contributed by atoms with Gasteiger partial charge in [-0.1, -0.05) is 30.3 Å². The van der Waals surface area contributed by atoms with Crippen molar-refractivity contribution in [2.24, 2.45) is 0 Å². The van der Waals surface area contributed by atoms with Crippen LogP contribution in [0.1, 0.15) is 11.7 Å². The highest BCUT2D eigenvalue weighted by molar-refractivity contribution is 7.99. The number of aliphatic hydroxyl groups is 1. The van der Waals surface area contributed by atoms with Gasteiger partial charge in [0.15, 0.2) is 0 Å². The first-order valence-corrected chi connectivity index (χ1v) is 7.38. The van der Waals surface area contributed by atoms with Crippen molar-refractivity contribution in [1.82, 2.24) is 10.6 Å². The summed E-state index contributed by atoms with van der Waals surface area (Å²) in [7, 11) is 0. The minimum atomic E-state index is -4.53. The Bertz CT molecular complexity index is 497. The molecule has 0 aromatic heterocycles. The van der Waals surface area contributed by atoms with E-state index in [4.69, 9.17) is 0 Å². The zero-order valence-electron chi connectivity index (χ0n) is 11.4. The highest BCUT2D eigenvalue weighted by Gasteiger charge is 2.27. The van der Waals surface area contributed by atoms with E-state index in [1.165, 1.54) is 5.32 Å². The van der Waals surface area contributed by atoms with Gasteiger partial charge in [0.05, 0.1) is 11.9 Å². The van der Waals surface area contributed by atoms with E-state index in [9.17, 15) is 27.9 Å². The predicted octanol–water partition coefficient (Wildman–Crippen LogP) is 1.84. The molecule has 0 aliphatic carbocycles. The third-order valence-electron chi connectivity index (χ3n) is 2.40. The second-order valence-electron chi connectivity index (χ2n) is 4.29. The van der Waals surface area contributed by atoms with Crippen LogP contribution in [-0.2, 0) is 4.79 Å². The third-order valence-corrected chi connectivity index (χ3v) is 3.41. The normalized spacial score (nSPS) is 12.5. The number of nitrogens with one attached hydrogen (secondary N) is 2. The molecule has 1 aromatic rings. The number of alkyl halides is 3. The quantitative estimate of drug-likeness (QED) is 0.741. The predicted molar refractivity (Wildman–Crippen MR) is 76.3 cm³/mol. The number of urea groups is 1. The average molecular weight is 336 g/mol. The Hall–Kier alpha value is -1.74. The molecule has 0 aliphatic heterocycles. The van der Waals surface area contributed by atoms with Gasteiger partial charge in [-0.25, -0.2) is 4.79 Å². The molecule has 5 nitrogen and oxygen atoms in total. The molecular weight excluding hydrogens is 321 g/mol. The molecule has 0 radical (unpaired) electrons. The number of carbonyl (C=O) groups excluding carboxylic acids is 2. The van der Waals surface area contributed by atoms with Gasteiger partial charge < -0.3 is 10.4 Å². The number of amides is 3. The topological polar surface area (TPSA) is 78.4 Å². The van der Waals surface area contributed by atoms with Crippen LogP contribution in [0.4, 0.5) is 18.0 Å². The monoisotopic (exact) mass is 336 g/mol. The maximum absolute atomic E-state index is 11.8. The summed E-state index contributed by atoms with van der Waals surface area (Å²) in [5, 5.41) is 13.1. The number of carbonyl (C=O) groups is 2. The minimum absolute atomic E-state index is 0.149. The first kappa shape index (κ1) is 18.3. The smallest absolute Gasteiger partial charge is 0.388 e. The number of thioether (sulfide) groups is 1. The van der Waals surface area contributed by atoms with Gasteiger partial charge in [0.1, 0.15) is 6.54 Å². The van der Waals surface area contributed by atoms with Crippen LogP contribution in [0.25, 0.3) is 0 Å². The number of aliphatic hydroxyl groups excluding tert-OH is 1. The lowest BCUT2D eigenvalue weighted by Gasteiger charge is -2.11. The van der Waals surface area contributed by atoms with E-state index in [2.05, 4.69) is 0 Å². The Kier molecular flexibility index (Phi) is 7.19. The molecule has 0 bridgehead atoms. The molecule has 0 saturated heterocycles. The molecule has 0 heterocycles. The second kappa shape index (κ2) is 8.64. The highest BCUT2D eigenvalue weighted by Crippen LogP contribution is 2.17. The van der Waals surface area contributed by atoms with Crippen LogP contribution in [0.5, 0.6) is 0 Å². The molecule has 0 spiro atoms. The van der Waals surface area contributed by atoms with E-state index in [-0.39, 0.29) is 11.5 Å². The van der Waals surface area contributed by atoms with Gasteiger partial charge in [-0.15, -0.1) is 11.8 Å². The first-order chi connectivity index (χ1) is 10.3. The van der Waals surface area contributed by atoms with Crippen molar-refractivity contribution < 1.29 is 27.9 Å². The van der Waals surface area contributed by atoms with Gasteiger partial charge in [-0.05, 0) is 5.56 Å². The molecule has 1 rings (SSSR count). The maximum Gasteiger partial charge on any atom is 0.405 e. The van der Waals surface area contributed by atoms with Crippen LogP contribution >= 0.6 is 11.8 Å². The molecule has 3 N–H and O–H groups in total. The summed E-state index contributed by atoms with van der Waals surface area (Å²) < 4.78 is 35.5. The molecule has 122 valence electrons. The molecule has 0 fully saturated rings. The maximum atomic E-state index is 11.8. The molecule has 0 saturated carbocycles. The lowest BCUT2D eigenvalue weighted by Crippen LogP contribution is -2.44. The van der Waals surface area contributed by atoms with Gasteiger partial charge >= 0.3 is 12.2 Å². The van der Waals surface area contributed by atoms with Crippen LogP contribution in [0, 0.1) is 0 Å². The molecule has 0 aliphatic rings. The zero-order chi connectivity index (χ0) is 16.6. The number of halogens is 3. The van der Waals surface area contributed by atoms with E-state index < -0.39 is 30.8 Å². The Morgan fingerprint density at radius 1 is 1.23 bits per heavy atom. The van der Waals surface area contributed by atoms with Crippen molar-refractivity contribution >= 4 is 23.7 Å². The SMILES string of the molecule is O=C(CSC[C@@H](O)c1ccccc1)NC(=O)NCC(F)(F)F. The summed E-state index contributed by atoms with van der Waals surface area (Å²) >= 11 is 1.07. The largest absolute Gasteiger partial charge is 0.405 e. The summed E-state index contributed by atoms with van der Waals surface area (Å²) in [5.74, 6) is -0.657. The summed E-state index contributed by atoms with van der Waals surface area (Å²) in [6.45, 7) is -1.51. The van der Waals surface area contributed by atoms with Crippen LogP contribution < -0.4 is 10.6 Å². The molecule has 9 heteroatoms. The molecule has 22 heavy (non-hydrogen) atoms. The molecule has 1 atom stereocenters. The average Bonchev–Trinajstić information content (AvgIpc) is 2.45. The lowest BCUT2D eigenvalue weighted by atomic mass is 10.1. The fraction of sp³-hybridized carbons (Fsp3) is 0.385. The molecule has 1 aromatic carbocycles. The van der Waals surface area contributed by atoms with Crippen LogP contribution in [-0.4, -0.2) is 41.3 Å². The summed E-state index contributed by atoms with van der Waals surface area (Å²) in [6, 6.07) is 7.59.